The topological polar surface area (TPSA) is 99.2 Å². The van der Waals surface area contributed by atoms with E-state index in [1.807, 2.05) is 0 Å². The van der Waals surface area contributed by atoms with Crippen LogP contribution in [0.5, 0.6) is 0 Å². The maximum absolute atomic E-state index is 12.3. The van der Waals surface area contributed by atoms with Crippen LogP contribution in [0, 0.1) is 6.92 Å². The molecule has 0 bridgehead atoms. The van der Waals surface area contributed by atoms with Gasteiger partial charge in [0.1, 0.15) is 24.3 Å². The molecule has 1 atom stereocenters. The van der Waals surface area contributed by atoms with Gasteiger partial charge in [0.2, 0.25) is 5.91 Å². The van der Waals surface area contributed by atoms with Crippen LogP contribution >= 0.6 is 0 Å². The lowest BCUT2D eigenvalue weighted by molar-refractivity contribution is -0.140. The quantitative estimate of drug-likeness (QED) is 0.867. The minimum Gasteiger partial charge on any atom is -0.384 e. The number of nitrogens with zero attached hydrogens (tertiary/aromatic N) is 5. The second-order valence-corrected chi connectivity index (χ2v) is 5.17. The molecule has 116 valence electrons. The molecule has 0 radical (unpaired) electrons. The van der Waals surface area contributed by atoms with Gasteiger partial charge >= 0.3 is 0 Å². The van der Waals surface area contributed by atoms with E-state index in [0.29, 0.717) is 37.0 Å². The summed E-state index contributed by atoms with van der Waals surface area (Å²) in [6.07, 6.45) is 3.14. The van der Waals surface area contributed by atoms with Crippen molar-refractivity contribution >= 4 is 11.7 Å². The van der Waals surface area contributed by atoms with E-state index in [1.54, 1.807) is 41.0 Å². The van der Waals surface area contributed by atoms with Gasteiger partial charge in [-0.1, -0.05) is 0 Å². The Morgan fingerprint density at radius 1 is 1.50 bits per heavy atom. The highest BCUT2D eigenvalue weighted by Crippen LogP contribution is 2.22. The summed E-state index contributed by atoms with van der Waals surface area (Å²) in [6.45, 7) is 3.50. The summed E-state index contributed by atoms with van der Waals surface area (Å²) in [5, 5.41) is 4.05. The van der Waals surface area contributed by atoms with E-state index < -0.39 is 0 Å². The van der Waals surface area contributed by atoms with Crippen LogP contribution in [0.15, 0.2) is 24.5 Å². The maximum atomic E-state index is 12.3. The number of rotatable bonds is 3. The second kappa shape index (κ2) is 6.10. The van der Waals surface area contributed by atoms with E-state index in [0.717, 1.165) is 0 Å². The predicted molar refractivity (Wildman–Crippen MR) is 78.7 cm³/mol. The van der Waals surface area contributed by atoms with Gasteiger partial charge in [-0.25, -0.2) is 9.97 Å². The molecule has 0 spiro atoms. The molecule has 8 heteroatoms. The molecule has 1 saturated heterocycles. The molecule has 2 aromatic rings. The maximum Gasteiger partial charge on any atom is 0.244 e. The Morgan fingerprint density at radius 2 is 2.36 bits per heavy atom. The number of nitrogens with two attached hydrogens (primary N) is 1. The van der Waals surface area contributed by atoms with Crippen molar-refractivity contribution in [2.75, 3.05) is 25.4 Å². The molecule has 3 heterocycles. The zero-order valence-electron chi connectivity index (χ0n) is 12.3. The van der Waals surface area contributed by atoms with E-state index in [-0.39, 0.29) is 18.6 Å². The lowest BCUT2D eigenvalue weighted by Crippen LogP contribution is -2.44. The van der Waals surface area contributed by atoms with Crippen molar-refractivity contribution in [3.63, 3.8) is 0 Å². The van der Waals surface area contributed by atoms with E-state index >= 15 is 0 Å². The predicted octanol–water partition coefficient (Wildman–Crippen LogP) is 0.164. The summed E-state index contributed by atoms with van der Waals surface area (Å²) in [5.74, 6) is 1.01. The first-order chi connectivity index (χ1) is 10.6. The molecule has 1 unspecified atom stereocenters. The molecule has 0 aromatic carbocycles. The normalized spacial score (nSPS) is 18.4. The highest BCUT2D eigenvalue weighted by Gasteiger charge is 2.26. The minimum atomic E-state index is -0.278. The van der Waals surface area contributed by atoms with Gasteiger partial charge in [-0.15, -0.1) is 0 Å². The third-order valence-corrected chi connectivity index (χ3v) is 3.48. The van der Waals surface area contributed by atoms with Crippen LogP contribution < -0.4 is 5.73 Å². The standard InChI is InChI=1S/C14H18N6O2/c1-10-17-11(7-13(15)18-10)12-8-19(5-6-22-12)14(21)9-20-4-2-3-16-20/h2-4,7,12H,5-6,8-9H2,1H3,(H2,15,17,18). The number of ether oxygens (including phenoxy) is 1. The first-order valence-corrected chi connectivity index (χ1v) is 7.09. The van der Waals surface area contributed by atoms with Gasteiger partial charge in [-0.2, -0.15) is 5.10 Å². The summed E-state index contributed by atoms with van der Waals surface area (Å²) < 4.78 is 7.34. The van der Waals surface area contributed by atoms with Crippen molar-refractivity contribution < 1.29 is 9.53 Å². The monoisotopic (exact) mass is 302 g/mol. The molecular weight excluding hydrogens is 284 g/mol. The van der Waals surface area contributed by atoms with Gasteiger partial charge in [0, 0.05) is 25.0 Å². The lowest BCUT2D eigenvalue weighted by Gasteiger charge is -2.32. The average Bonchev–Trinajstić information content (AvgIpc) is 2.99. The zero-order valence-corrected chi connectivity index (χ0v) is 12.3. The Bertz CT molecular complexity index is 637. The van der Waals surface area contributed by atoms with Crippen molar-refractivity contribution in [3.8, 4) is 0 Å². The van der Waals surface area contributed by atoms with Crippen molar-refractivity contribution in [1.29, 1.82) is 0 Å². The number of hydrogen-bond acceptors (Lipinski definition) is 6. The molecule has 1 amide bonds. The minimum absolute atomic E-state index is 0.00995. The number of aryl methyl sites for hydroxylation is 1. The first kappa shape index (κ1) is 14.5. The smallest absolute Gasteiger partial charge is 0.244 e. The number of nitrogen functional groups attached to an aromatic ring is 1. The molecule has 1 aliphatic heterocycles. The van der Waals surface area contributed by atoms with E-state index in [1.165, 1.54) is 0 Å². The molecule has 8 nitrogen and oxygen atoms in total. The summed E-state index contributed by atoms with van der Waals surface area (Å²) >= 11 is 0. The van der Waals surface area contributed by atoms with Gasteiger partial charge < -0.3 is 15.4 Å². The van der Waals surface area contributed by atoms with Crippen LogP contribution in [0.1, 0.15) is 17.6 Å². The SMILES string of the molecule is Cc1nc(N)cc(C2CN(C(=O)Cn3cccn3)CCO2)n1. The average molecular weight is 302 g/mol. The first-order valence-electron chi connectivity index (χ1n) is 7.09. The largest absolute Gasteiger partial charge is 0.384 e. The highest BCUT2D eigenvalue weighted by molar-refractivity contribution is 5.76. The molecule has 1 aliphatic rings. The molecule has 2 N–H and O–H groups in total. The molecule has 2 aromatic heterocycles. The summed E-state index contributed by atoms with van der Waals surface area (Å²) in [5.41, 5.74) is 6.46. The number of aromatic nitrogens is 4. The summed E-state index contributed by atoms with van der Waals surface area (Å²) in [7, 11) is 0. The molecule has 3 rings (SSSR count). The molecule has 0 saturated carbocycles. The fourth-order valence-electron chi connectivity index (χ4n) is 2.47. The van der Waals surface area contributed by atoms with Crippen molar-refractivity contribution in [2.45, 2.75) is 19.6 Å². The number of morpholine rings is 1. The van der Waals surface area contributed by atoms with Gasteiger partial charge in [0.25, 0.3) is 0 Å². The zero-order chi connectivity index (χ0) is 15.5. The Labute approximate surface area is 127 Å². The Hall–Kier alpha value is -2.48. The van der Waals surface area contributed by atoms with Gasteiger partial charge in [0.05, 0.1) is 18.8 Å². The van der Waals surface area contributed by atoms with Crippen LogP contribution in [0.3, 0.4) is 0 Å². The number of anilines is 1. The van der Waals surface area contributed by atoms with E-state index in [9.17, 15) is 4.79 Å². The summed E-state index contributed by atoms with van der Waals surface area (Å²) in [6, 6.07) is 3.49. The highest BCUT2D eigenvalue weighted by atomic mass is 16.5. The van der Waals surface area contributed by atoms with Crippen LogP contribution in [0.2, 0.25) is 0 Å². The van der Waals surface area contributed by atoms with Gasteiger partial charge in [-0.3, -0.25) is 9.48 Å². The van der Waals surface area contributed by atoms with E-state index in [4.69, 9.17) is 10.5 Å². The van der Waals surface area contributed by atoms with Crippen molar-refractivity contribution in [3.05, 3.63) is 36.0 Å². The van der Waals surface area contributed by atoms with Gasteiger partial charge in [-0.05, 0) is 13.0 Å². The third-order valence-electron chi connectivity index (χ3n) is 3.48. The lowest BCUT2D eigenvalue weighted by atomic mass is 10.2. The third kappa shape index (κ3) is 3.22. The fourth-order valence-corrected chi connectivity index (χ4v) is 2.47. The Balaban J connectivity index is 1.69. The number of carbonyl (C=O) groups is 1. The second-order valence-electron chi connectivity index (χ2n) is 5.17. The number of amides is 1. The molecular formula is C14H18N6O2. The molecule has 22 heavy (non-hydrogen) atoms. The molecule has 1 fully saturated rings. The Kier molecular flexibility index (Phi) is 4.01. The van der Waals surface area contributed by atoms with Crippen LogP contribution in [0.25, 0.3) is 0 Å². The van der Waals surface area contributed by atoms with Gasteiger partial charge in [0.15, 0.2) is 0 Å². The van der Waals surface area contributed by atoms with Crippen molar-refractivity contribution in [2.24, 2.45) is 0 Å². The van der Waals surface area contributed by atoms with Crippen LogP contribution in [-0.4, -0.2) is 50.3 Å². The molecule has 0 aliphatic carbocycles. The van der Waals surface area contributed by atoms with Crippen LogP contribution in [0.4, 0.5) is 5.82 Å². The Morgan fingerprint density at radius 3 is 3.09 bits per heavy atom. The number of hydrogen-bond donors (Lipinski definition) is 1. The summed E-state index contributed by atoms with van der Waals surface area (Å²) in [4.78, 5) is 22.5. The van der Waals surface area contributed by atoms with Crippen LogP contribution in [-0.2, 0) is 16.1 Å². The number of carbonyl (C=O) groups excluding carboxylic acids is 1. The van der Waals surface area contributed by atoms with E-state index in [2.05, 4.69) is 15.1 Å². The van der Waals surface area contributed by atoms with Crippen molar-refractivity contribution in [1.82, 2.24) is 24.6 Å². The fraction of sp³-hybridized carbons (Fsp3) is 0.429.